The molecule has 0 saturated carbocycles. The van der Waals surface area contributed by atoms with Gasteiger partial charge in [0, 0.05) is 12.2 Å². The minimum absolute atomic E-state index is 0.0806. The Morgan fingerprint density at radius 3 is 2.50 bits per heavy atom. The summed E-state index contributed by atoms with van der Waals surface area (Å²) in [5, 5.41) is 8.64. The topological polar surface area (TPSA) is 65.0 Å². The molecule has 130 valence electrons. The van der Waals surface area contributed by atoms with E-state index in [-0.39, 0.29) is 12.6 Å². The molecule has 1 N–H and O–H groups in total. The molecule has 7 heteroatoms. The Hall–Kier alpha value is -0.476. The third-order valence-corrected chi connectivity index (χ3v) is 10.1. The maximum Gasteiger partial charge on any atom is 0.333 e. The molecule has 0 bridgehead atoms. The van der Waals surface area contributed by atoms with Gasteiger partial charge < -0.3 is 18.7 Å². The molecule has 0 saturated heterocycles. The second-order valence-electron chi connectivity index (χ2n) is 6.19. The highest BCUT2D eigenvalue weighted by atomic mass is 28.4. The molecule has 0 amide bonds. The van der Waals surface area contributed by atoms with Gasteiger partial charge in [-0.05, 0) is 51.5 Å². The molecule has 0 heterocycles. The average Bonchev–Trinajstić information content (AvgIpc) is 2.42. The van der Waals surface area contributed by atoms with Crippen molar-refractivity contribution in [1.29, 1.82) is 0 Å². The summed E-state index contributed by atoms with van der Waals surface area (Å²) < 4.78 is 16.7. The van der Waals surface area contributed by atoms with Gasteiger partial charge in [-0.1, -0.05) is 6.58 Å². The number of aliphatic hydroxyl groups is 1. The Balaban J connectivity index is 3.76. The number of esters is 1. The summed E-state index contributed by atoms with van der Waals surface area (Å²) in [6.45, 7) is 13.5. The lowest BCUT2D eigenvalue weighted by Crippen LogP contribution is -2.36. The third-order valence-electron chi connectivity index (χ3n) is 3.16. The van der Waals surface area contributed by atoms with E-state index in [1.165, 1.54) is 0 Å². The Morgan fingerprint density at radius 2 is 1.91 bits per heavy atom. The van der Waals surface area contributed by atoms with Crippen LogP contribution in [0.1, 0.15) is 19.8 Å². The molecule has 0 aliphatic rings. The normalized spacial score (nSPS) is 13.0. The van der Waals surface area contributed by atoms with Crippen LogP contribution in [0.25, 0.3) is 0 Å². The Bertz CT molecular complexity index is 334. The molecule has 0 radical (unpaired) electrons. The van der Waals surface area contributed by atoms with E-state index in [4.69, 9.17) is 18.7 Å². The van der Waals surface area contributed by atoms with Crippen LogP contribution in [0.2, 0.25) is 31.7 Å². The summed E-state index contributed by atoms with van der Waals surface area (Å²) in [6.07, 6.45) is 1.84. The number of aliphatic hydroxyl groups excluding tert-OH is 1. The summed E-state index contributed by atoms with van der Waals surface area (Å²) in [5.74, 6) is -0.312. The highest BCUT2D eigenvalue weighted by molar-refractivity contribution is 6.78. The predicted octanol–water partition coefficient (Wildman–Crippen LogP) is 2.47. The molecule has 0 rings (SSSR count). The van der Waals surface area contributed by atoms with Crippen LogP contribution in [-0.2, 0) is 18.4 Å². The van der Waals surface area contributed by atoms with Gasteiger partial charge >= 0.3 is 5.97 Å². The summed E-state index contributed by atoms with van der Waals surface area (Å²) >= 11 is 0. The van der Waals surface area contributed by atoms with Crippen LogP contribution in [0.4, 0.5) is 0 Å². The lowest BCUT2D eigenvalue weighted by molar-refractivity contribution is -0.138. The van der Waals surface area contributed by atoms with Crippen LogP contribution in [-0.4, -0.2) is 54.9 Å². The van der Waals surface area contributed by atoms with Crippen LogP contribution in [0, 0.1) is 0 Å². The second kappa shape index (κ2) is 12.0. The lowest BCUT2D eigenvalue weighted by Gasteiger charge is -2.27. The number of carbonyl (C=O) groups is 1. The zero-order valence-electron chi connectivity index (χ0n) is 14.5. The van der Waals surface area contributed by atoms with Crippen LogP contribution in [0.15, 0.2) is 12.2 Å². The first kappa shape index (κ1) is 21.5. The van der Waals surface area contributed by atoms with E-state index in [1.54, 1.807) is 6.92 Å². The summed E-state index contributed by atoms with van der Waals surface area (Å²) in [5.41, 5.74) is 0.443. The molecule has 22 heavy (non-hydrogen) atoms. The molecular weight excluding hydrogens is 316 g/mol. The Morgan fingerprint density at radius 1 is 1.23 bits per heavy atom. The van der Waals surface area contributed by atoms with E-state index in [0.717, 1.165) is 24.9 Å². The van der Waals surface area contributed by atoms with Gasteiger partial charge in [-0.2, -0.15) is 0 Å². The van der Waals surface area contributed by atoms with Crippen molar-refractivity contribution in [2.24, 2.45) is 0 Å². The van der Waals surface area contributed by atoms with Gasteiger partial charge in [0.1, 0.15) is 0 Å². The van der Waals surface area contributed by atoms with E-state index in [2.05, 4.69) is 26.2 Å². The number of hydrogen-bond donors (Lipinski definition) is 1. The van der Waals surface area contributed by atoms with Gasteiger partial charge in [0.2, 0.25) is 0 Å². The van der Waals surface area contributed by atoms with E-state index < -0.39 is 17.4 Å². The van der Waals surface area contributed by atoms with Crippen LogP contribution in [0.5, 0.6) is 0 Å². The lowest BCUT2D eigenvalue weighted by atomic mass is 10.4. The summed E-state index contributed by atoms with van der Waals surface area (Å²) in [4.78, 5) is 11.2. The molecule has 1 unspecified atom stereocenters. The SMILES string of the molecule is C=C(C)C(=O)OCCC[SiH](C)O[Si](C)(C)CCCOCCO. The maximum atomic E-state index is 11.2. The van der Waals surface area contributed by atoms with Crippen molar-refractivity contribution in [3.63, 3.8) is 0 Å². The average molecular weight is 349 g/mol. The summed E-state index contributed by atoms with van der Waals surface area (Å²) in [6, 6.07) is 2.08. The predicted molar refractivity (Wildman–Crippen MR) is 94.1 cm³/mol. The Labute approximate surface area is 137 Å². The molecule has 1 atom stereocenters. The zero-order valence-corrected chi connectivity index (χ0v) is 16.7. The highest BCUT2D eigenvalue weighted by Gasteiger charge is 2.24. The molecular formula is C15H32O5Si2. The van der Waals surface area contributed by atoms with Gasteiger partial charge in [0.05, 0.1) is 19.8 Å². The van der Waals surface area contributed by atoms with Crippen molar-refractivity contribution < 1.29 is 23.5 Å². The molecule has 5 nitrogen and oxygen atoms in total. The number of carbonyl (C=O) groups excluding carboxylic acids is 1. The maximum absolute atomic E-state index is 11.2. The standard InChI is InChI=1S/C15H32O5Si2/c1-14(2)15(17)19-10-6-12-21(3)20-22(4,5)13-7-9-18-11-8-16/h16,21H,1,6-13H2,2-5H3. The quantitative estimate of drug-likeness (QED) is 0.240. The fourth-order valence-corrected chi connectivity index (χ4v) is 9.13. The monoisotopic (exact) mass is 348 g/mol. The molecule has 0 aromatic carbocycles. The van der Waals surface area contributed by atoms with Crippen molar-refractivity contribution >= 4 is 23.3 Å². The molecule has 0 aliphatic heterocycles. The van der Waals surface area contributed by atoms with Crippen LogP contribution >= 0.6 is 0 Å². The zero-order chi connectivity index (χ0) is 17.0. The number of hydrogen-bond acceptors (Lipinski definition) is 5. The fraction of sp³-hybridized carbons (Fsp3) is 0.800. The van der Waals surface area contributed by atoms with Gasteiger partial charge in [0.25, 0.3) is 0 Å². The molecule has 0 aromatic rings. The van der Waals surface area contributed by atoms with Crippen molar-refractivity contribution in [3.05, 3.63) is 12.2 Å². The van der Waals surface area contributed by atoms with Crippen LogP contribution < -0.4 is 0 Å². The first-order chi connectivity index (χ1) is 10.3. The van der Waals surface area contributed by atoms with Crippen molar-refractivity contribution in [2.75, 3.05) is 26.4 Å². The molecule has 0 aliphatic carbocycles. The van der Waals surface area contributed by atoms with E-state index in [1.807, 2.05) is 0 Å². The smallest absolute Gasteiger partial charge is 0.333 e. The van der Waals surface area contributed by atoms with Crippen molar-refractivity contribution in [2.45, 2.75) is 51.5 Å². The molecule has 0 spiro atoms. The van der Waals surface area contributed by atoms with Gasteiger partial charge in [-0.25, -0.2) is 4.79 Å². The largest absolute Gasteiger partial charge is 0.462 e. The van der Waals surface area contributed by atoms with Gasteiger partial charge in [-0.15, -0.1) is 0 Å². The third kappa shape index (κ3) is 12.1. The van der Waals surface area contributed by atoms with E-state index in [9.17, 15) is 4.79 Å². The first-order valence-corrected chi connectivity index (χ1v) is 13.5. The number of ether oxygens (including phenoxy) is 2. The molecule has 0 fully saturated rings. The minimum atomic E-state index is -1.63. The van der Waals surface area contributed by atoms with Crippen molar-refractivity contribution in [3.8, 4) is 0 Å². The summed E-state index contributed by atoms with van der Waals surface area (Å²) in [7, 11) is -2.84. The first-order valence-electron chi connectivity index (χ1n) is 7.97. The second-order valence-corrected chi connectivity index (χ2v) is 13.3. The fourth-order valence-electron chi connectivity index (χ4n) is 2.09. The number of rotatable bonds is 13. The minimum Gasteiger partial charge on any atom is -0.462 e. The van der Waals surface area contributed by atoms with Gasteiger partial charge in [0.15, 0.2) is 17.4 Å². The Kier molecular flexibility index (Phi) is 11.7. The van der Waals surface area contributed by atoms with E-state index in [0.29, 0.717) is 25.4 Å². The van der Waals surface area contributed by atoms with Crippen molar-refractivity contribution in [1.82, 2.24) is 0 Å². The van der Waals surface area contributed by atoms with Crippen LogP contribution in [0.3, 0.4) is 0 Å². The highest BCUT2D eigenvalue weighted by Crippen LogP contribution is 2.17. The molecule has 0 aromatic heterocycles. The van der Waals surface area contributed by atoms with Gasteiger partial charge in [-0.3, -0.25) is 0 Å². The van der Waals surface area contributed by atoms with E-state index >= 15 is 0 Å².